The molecule has 7 heteroatoms. The fraction of sp³-hybridized carbons (Fsp3) is 0.167. The molecule has 25 heavy (non-hydrogen) atoms. The summed E-state index contributed by atoms with van der Waals surface area (Å²) in [7, 11) is 0. The second-order valence-electron chi connectivity index (χ2n) is 5.28. The molecule has 2 aromatic carbocycles. The summed E-state index contributed by atoms with van der Waals surface area (Å²) in [6, 6.07) is 16.1. The predicted molar refractivity (Wildman–Crippen MR) is 99.2 cm³/mol. The van der Waals surface area contributed by atoms with Crippen LogP contribution in [-0.4, -0.2) is 29.2 Å². The Morgan fingerprint density at radius 2 is 1.48 bits per heavy atom. The zero-order chi connectivity index (χ0) is 18.1. The molecule has 0 unspecified atom stereocenters. The molecule has 0 radical (unpaired) electrons. The summed E-state index contributed by atoms with van der Waals surface area (Å²) in [4.78, 5) is 35.3. The van der Waals surface area contributed by atoms with Gasteiger partial charge in [0.1, 0.15) is 0 Å². The molecule has 0 aliphatic heterocycles. The number of hydrazine groups is 1. The number of anilines is 1. The molecule has 3 N–H and O–H groups in total. The Bertz CT molecular complexity index is 733. The molecule has 0 heterocycles. The number of hydrogen-bond donors (Lipinski definition) is 3. The van der Waals surface area contributed by atoms with Crippen LogP contribution in [0.3, 0.4) is 0 Å². The highest BCUT2D eigenvalue weighted by Crippen LogP contribution is 2.07. The molecule has 0 bridgehead atoms. The van der Waals surface area contributed by atoms with Crippen molar-refractivity contribution >= 4 is 35.2 Å². The van der Waals surface area contributed by atoms with E-state index in [1.54, 1.807) is 24.3 Å². The number of amides is 3. The van der Waals surface area contributed by atoms with Crippen LogP contribution >= 0.6 is 11.8 Å². The number of carbonyl (C=O) groups excluding carboxylic acids is 3. The number of para-hydroxylation sites is 1. The van der Waals surface area contributed by atoms with Crippen molar-refractivity contribution in [1.29, 1.82) is 0 Å². The van der Waals surface area contributed by atoms with Crippen molar-refractivity contribution in [2.45, 2.75) is 6.92 Å². The number of aryl methyl sites for hydroxylation is 1. The smallest absolute Gasteiger partial charge is 0.269 e. The van der Waals surface area contributed by atoms with Crippen LogP contribution in [0.2, 0.25) is 0 Å². The summed E-state index contributed by atoms with van der Waals surface area (Å²) in [5.41, 5.74) is 6.89. The van der Waals surface area contributed by atoms with Gasteiger partial charge in [-0.25, -0.2) is 0 Å². The number of rotatable bonds is 6. The molecule has 0 saturated carbocycles. The van der Waals surface area contributed by atoms with Gasteiger partial charge in [0.05, 0.1) is 11.5 Å². The largest absolute Gasteiger partial charge is 0.325 e. The first-order chi connectivity index (χ1) is 12.0. The average molecular weight is 357 g/mol. The Morgan fingerprint density at radius 1 is 0.840 bits per heavy atom. The van der Waals surface area contributed by atoms with Crippen LogP contribution in [0.4, 0.5) is 5.69 Å². The van der Waals surface area contributed by atoms with Crippen molar-refractivity contribution in [3.63, 3.8) is 0 Å². The van der Waals surface area contributed by atoms with Gasteiger partial charge < -0.3 is 5.32 Å². The number of nitrogens with one attached hydrogen (secondary N) is 3. The van der Waals surface area contributed by atoms with Gasteiger partial charge in [-0.15, -0.1) is 11.8 Å². The molecule has 0 aromatic heterocycles. The molecule has 0 aliphatic rings. The molecule has 3 amide bonds. The van der Waals surface area contributed by atoms with Gasteiger partial charge in [0.2, 0.25) is 11.8 Å². The molecule has 0 atom stereocenters. The molecule has 130 valence electrons. The first-order valence-electron chi connectivity index (χ1n) is 7.63. The van der Waals surface area contributed by atoms with Crippen LogP contribution in [0.15, 0.2) is 54.6 Å². The van der Waals surface area contributed by atoms with Crippen LogP contribution in [0.5, 0.6) is 0 Å². The Kier molecular flexibility index (Phi) is 7.03. The topological polar surface area (TPSA) is 87.3 Å². The van der Waals surface area contributed by atoms with Crippen LogP contribution in [0, 0.1) is 6.92 Å². The second-order valence-corrected chi connectivity index (χ2v) is 6.26. The van der Waals surface area contributed by atoms with Crippen LogP contribution < -0.4 is 16.2 Å². The first kappa shape index (κ1) is 18.5. The Balaban J connectivity index is 1.64. The average Bonchev–Trinajstić information content (AvgIpc) is 2.61. The number of carbonyl (C=O) groups is 3. The Morgan fingerprint density at radius 3 is 2.16 bits per heavy atom. The van der Waals surface area contributed by atoms with Gasteiger partial charge >= 0.3 is 0 Å². The van der Waals surface area contributed by atoms with Gasteiger partial charge in [-0.2, -0.15) is 0 Å². The molecular formula is C18H19N3O3S. The Hall–Kier alpha value is -2.80. The SMILES string of the molecule is Cc1ccc(C(=O)NNC(=O)CSCC(=O)Nc2ccccc2)cc1. The van der Waals surface area contributed by atoms with Crippen molar-refractivity contribution in [3.05, 3.63) is 65.7 Å². The van der Waals surface area contributed by atoms with Gasteiger partial charge in [0, 0.05) is 11.3 Å². The van der Waals surface area contributed by atoms with E-state index in [9.17, 15) is 14.4 Å². The third kappa shape index (κ3) is 6.68. The van der Waals surface area contributed by atoms with Gasteiger partial charge in [-0.1, -0.05) is 35.9 Å². The fourth-order valence-electron chi connectivity index (χ4n) is 1.89. The summed E-state index contributed by atoms with van der Waals surface area (Å²) in [6.07, 6.45) is 0. The minimum Gasteiger partial charge on any atom is -0.325 e. The van der Waals surface area contributed by atoms with Crippen LogP contribution in [0.25, 0.3) is 0 Å². The van der Waals surface area contributed by atoms with E-state index in [4.69, 9.17) is 0 Å². The molecule has 0 saturated heterocycles. The highest BCUT2D eigenvalue weighted by atomic mass is 32.2. The normalized spacial score (nSPS) is 9.96. The second kappa shape index (κ2) is 9.48. The Labute approximate surface area is 150 Å². The highest BCUT2D eigenvalue weighted by Gasteiger charge is 2.08. The summed E-state index contributed by atoms with van der Waals surface area (Å²) in [5.74, 6) is -0.740. The van der Waals surface area contributed by atoms with E-state index in [-0.39, 0.29) is 29.2 Å². The van der Waals surface area contributed by atoms with Crippen LogP contribution in [-0.2, 0) is 9.59 Å². The summed E-state index contributed by atoms with van der Waals surface area (Å²) >= 11 is 1.16. The maximum absolute atomic E-state index is 11.8. The van der Waals surface area contributed by atoms with Crippen LogP contribution in [0.1, 0.15) is 15.9 Å². The lowest BCUT2D eigenvalue weighted by Gasteiger charge is -2.08. The molecule has 0 spiro atoms. The van der Waals surface area contributed by atoms with E-state index in [0.29, 0.717) is 11.3 Å². The third-order valence-corrected chi connectivity index (χ3v) is 4.09. The fourth-order valence-corrected chi connectivity index (χ4v) is 2.51. The standard InChI is InChI=1S/C18H19N3O3S/c1-13-7-9-14(10-8-13)18(24)21-20-17(23)12-25-11-16(22)19-15-5-3-2-4-6-15/h2-10H,11-12H2,1H3,(H,19,22)(H,20,23)(H,21,24). The molecule has 6 nitrogen and oxygen atoms in total. The molecule has 0 fully saturated rings. The monoisotopic (exact) mass is 357 g/mol. The van der Waals surface area contributed by atoms with Crippen molar-refractivity contribution in [2.75, 3.05) is 16.8 Å². The number of hydrogen-bond acceptors (Lipinski definition) is 4. The lowest BCUT2D eigenvalue weighted by Crippen LogP contribution is -2.42. The maximum Gasteiger partial charge on any atom is 0.269 e. The highest BCUT2D eigenvalue weighted by molar-refractivity contribution is 8.00. The van der Waals surface area contributed by atoms with E-state index in [1.165, 1.54) is 0 Å². The lowest BCUT2D eigenvalue weighted by atomic mass is 10.1. The van der Waals surface area contributed by atoms with E-state index in [1.807, 2.05) is 37.3 Å². The third-order valence-electron chi connectivity index (χ3n) is 3.15. The van der Waals surface area contributed by atoms with E-state index >= 15 is 0 Å². The predicted octanol–water partition coefficient (Wildman–Crippen LogP) is 2.13. The van der Waals surface area contributed by atoms with E-state index < -0.39 is 0 Å². The summed E-state index contributed by atoms with van der Waals surface area (Å²) in [6.45, 7) is 1.93. The zero-order valence-corrected chi connectivity index (χ0v) is 14.6. The van der Waals surface area contributed by atoms with Crippen molar-refractivity contribution < 1.29 is 14.4 Å². The minimum absolute atomic E-state index is 0.0659. The molecule has 2 aromatic rings. The van der Waals surface area contributed by atoms with Crippen molar-refractivity contribution in [3.8, 4) is 0 Å². The number of benzene rings is 2. The maximum atomic E-state index is 11.8. The molecule has 2 rings (SSSR count). The van der Waals surface area contributed by atoms with Gasteiger partial charge in [-0.3, -0.25) is 25.2 Å². The quantitative estimate of drug-likeness (QED) is 0.691. The first-order valence-corrected chi connectivity index (χ1v) is 8.78. The van der Waals surface area contributed by atoms with Gasteiger partial charge in [-0.05, 0) is 31.2 Å². The van der Waals surface area contributed by atoms with Crippen molar-refractivity contribution in [2.24, 2.45) is 0 Å². The lowest BCUT2D eigenvalue weighted by molar-refractivity contribution is -0.119. The summed E-state index contributed by atoms with van der Waals surface area (Å²) < 4.78 is 0. The zero-order valence-electron chi connectivity index (χ0n) is 13.7. The van der Waals surface area contributed by atoms with Crippen molar-refractivity contribution in [1.82, 2.24) is 10.9 Å². The van der Waals surface area contributed by atoms with E-state index in [2.05, 4.69) is 16.2 Å². The van der Waals surface area contributed by atoms with E-state index in [0.717, 1.165) is 17.3 Å². The van der Waals surface area contributed by atoms with Gasteiger partial charge in [0.25, 0.3) is 5.91 Å². The van der Waals surface area contributed by atoms with Gasteiger partial charge in [0.15, 0.2) is 0 Å². The summed E-state index contributed by atoms with van der Waals surface area (Å²) in [5, 5.41) is 2.73. The molecule has 0 aliphatic carbocycles. The molecular weight excluding hydrogens is 338 g/mol. The number of thioether (sulfide) groups is 1. The minimum atomic E-state index is -0.389.